The number of fused-ring (bicyclic) bond motifs is 3. The Labute approximate surface area is 245 Å². The van der Waals surface area contributed by atoms with Crippen LogP contribution >= 0.6 is 0 Å². The van der Waals surface area contributed by atoms with Crippen molar-refractivity contribution >= 4 is 11.8 Å². The van der Waals surface area contributed by atoms with E-state index in [0.29, 0.717) is 40.3 Å². The number of carbonyl (C=O) groups is 2. The number of ether oxygens (including phenoxy) is 5. The van der Waals surface area contributed by atoms with Crippen LogP contribution in [0.2, 0.25) is 0 Å². The predicted octanol–water partition coefficient (Wildman–Crippen LogP) is 3.55. The summed E-state index contributed by atoms with van der Waals surface area (Å²) in [7, 11) is 1.53. The van der Waals surface area contributed by atoms with Crippen LogP contribution in [0.4, 0.5) is 8.78 Å². The normalized spacial score (nSPS) is 23.2. The number of benzene rings is 2. The first-order chi connectivity index (χ1) is 20.5. The summed E-state index contributed by atoms with van der Waals surface area (Å²) in [6.07, 6.45) is -3.34. The SMILES string of the molecule is COc1ccc2c(c1)O[C@@H](c1ccc(C(=O)NCC(C)O)cn1)C[C@H]2NC(=O)[C@@]1(C)COc2cc3c(cc21)OC(F)(F)O3. The zero-order chi connectivity index (χ0) is 30.5. The molecule has 2 amide bonds. The maximum Gasteiger partial charge on any atom is 0.586 e. The van der Waals surface area contributed by atoms with Gasteiger partial charge in [0.05, 0.1) is 30.5 Å². The monoisotopic (exact) mass is 597 g/mol. The van der Waals surface area contributed by atoms with Crippen molar-refractivity contribution in [2.24, 2.45) is 0 Å². The lowest BCUT2D eigenvalue weighted by molar-refractivity contribution is -0.286. The molecule has 4 atom stereocenters. The molecule has 1 aromatic heterocycles. The summed E-state index contributed by atoms with van der Waals surface area (Å²) in [6.45, 7) is 3.33. The topological polar surface area (TPSA) is 137 Å². The largest absolute Gasteiger partial charge is 0.586 e. The van der Waals surface area contributed by atoms with Crippen LogP contribution in [0, 0.1) is 0 Å². The van der Waals surface area contributed by atoms with Crippen molar-refractivity contribution in [2.75, 3.05) is 20.3 Å². The molecule has 6 rings (SSSR count). The van der Waals surface area contributed by atoms with Crippen LogP contribution in [0.3, 0.4) is 0 Å². The quantitative estimate of drug-likeness (QED) is 0.373. The predicted molar refractivity (Wildman–Crippen MR) is 146 cm³/mol. The fraction of sp³-hybridized carbons (Fsp3) is 0.367. The van der Waals surface area contributed by atoms with Crippen molar-refractivity contribution in [1.29, 1.82) is 0 Å². The molecular formula is C30H29F2N3O8. The molecule has 0 saturated heterocycles. The molecule has 0 radical (unpaired) electrons. The summed E-state index contributed by atoms with van der Waals surface area (Å²) in [4.78, 5) is 30.7. The Balaban J connectivity index is 1.25. The first kappa shape index (κ1) is 28.5. The third-order valence-electron chi connectivity index (χ3n) is 7.67. The lowest BCUT2D eigenvalue weighted by Crippen LogP contribution is -2.46. The molecule has 0 aliphatic carbocycles. The van der Waals surface area contributed by atoms with Gasteiger partial charge in [0, 0.05) is 42.4 Å². The van der Waals surface area contributed by atoms with Gasteiger partial charge in [-0.1, -0.05) is 0 Å². The average Bonchev–Trinajstić information content (AvgIpc) is 3.48. The summed E-state index contributed by atoms with van der Waals surface area (Å²) in [5, 5.41) is 15.2. The molecule has 2 aromatic carbocycles. The van der Waals surface area contributed by atoms with E-state index < -0.39 is 30.0 Å². The van der Waals surface area contributed by atoms with E-state index >= 15 is 0 Å². The number of alkyl halides is 2. The first-order valence-electron chi connectivity index (χ1n) is 13.6. The molecule has 3 aliphatic rings. The number of hydrogen-bond donors (Lipinski definition) is 3. The minimum absolute atomic E-state index is 0.0181. The molecule has 3 aromatic rings. The van der Waals surface area contributed by atoms with Gasteiger partial charge in [0.25, 0.3) is 5.91 Å². The van der Waals surface area contributed by atoms with Gasteiger partial charge in [-0.2, -0.15) is 0 Å². The number of amides is 2. The fourth-order valence-electron chi connectivity index (χ4n) is 5.30. The van der Waals surface area contributed by atoms with Crippen molar-refractivity contribution in [3.8, 4) is 28.7 Å². The zero-order valence-electron chi connectivity index (χ0n) is 23.5. The number of pyridine rings is 1. The standard InChI is InChI=1S/C30H29F2N3O8/c1-15(36)12-34-27(37)16-4-7-20(33-13-16)24-10-21(18-6-5-17(39-3)8-22(18)41-24)35-28(38)29(2)14-40-23-11-26-25(9-19(23)29)42-30(31,32)43-26/h4-9,11,13,15,21,24,36H,10,12,14H2,1-3H3,(H,34,37)(H,35,38)/t15?,21-,24-,29+/m1/s1. The van der Waals surface area contributed by atoms with Crippen LogP contribution in [0.1, 0.15) is 59.6 Å². The second-order valence-electron chi connectivity index (χ2n) is 10.9. The molecule has 0 saturated carbocycles. The molecule has 4 heterocycles. The van der Waals surface area contributed by atoms with Crippen molar-refractivity contribution < 1.29 is 47.2 Å². The van der Waals surface area contributed by atoms with Crippen LogP contribution in [0.5, 0.6) is 28.7 Å². The molecule has 226 valence electrons. The second kappa shape index (κ2) is 10.6. The number of methoxy groups -OCH3 is 1. The van der Waals surface area contributed by atoms with E-state index in [4.69, 9.17) is 14.2 Å². The van der Waals surface area contributed by atoms with Gasteiger partial charge in [0.1, 0.15) is 35.4 Å². The van der Waals surface area contributed by atoms with Gasteiger partial charge < -0.3 is 39.4 Å². The lowest BCUT2D eigenvalue weighted by atomic mass is 9.82. The minimum Gasteiger partial charge on any atom is -0.497 e. The van der Waals surface area contributed by atoms with Crippen molar-refractivity contribution in [1.82, 2.24) is 15.6 Å². The molecular weight excluding hydrogens is 568 g/mol. The van der Waals surface area contributed by atoms with Crippen molar-refractivity contribution in [2.45, 2.75) is 50.2 Å². The summed E-state index contributed by atoms with van der Waals surface area (Å²) >= 11 is 0. The molecule has 0 fully saturated rings. The van der Waals surface area contributed by atoms with Gasteiger partial charge >= 0.3 is 6.29 Å². The fourth-order valence-corrected chi connectivity index (χ4v) is 5.30. The number of aliphatic hydroxyl groups excluding tert-OH is 1. The van der Waals surface area contributed by atoms with E-state index in [1.165, 1.54) is 25.4 Å². The number of carbonyl (C=O) groups excluding carboxylic acids is 2. The van der Waals surface area contributed by atoms with E-state index in [2.05, 4.69) is 25.1 Å². The van der Waals surface area contributed by atoms with Gasteiger partial charge in [0.2, 0.25) is 5.91 Å². The Hall–Kier alpha value is -4.65. The second-order valence-corrected chi connectivity index (χ2v) is 10.9. The summed E-state index contributed by atoms with van der Waals surface area (Å²) in [6, 6.07) is 10.7. The van der Waals surface area contributed by atoms with Crippen LogP contribution in [0.25, 0.3) is 0 Å². The molecule has 3 N–H and O–H groups in total. The number of nitrogens with one attached hydrogen (secondary N) is 2. The van der Waals surface area contributed by atoms with E-state index in [1.54, 1.807) is 44.2 Å². The van der Waals surface area contributed by atoms with Crippen LogP contribution in [-0.4, -0.2) is 54.6 Å². The third-order valence-corrected chi connectivity index (χ3v) is 7.67. The van der Waals surface area contributed by atoms with Crippen molar-refractivity contribution in [3.63, 3.8) is 0 Å². The highest BCUT2D eigenvalue weighted by molar-refractivity contribution is 5.94. The minimum atomic E-state index is -3.80. The molecule has 1 unspecified atom stereocenters. The van der Waals surface area contributed by atoms with E-state index in [9.17, 15) is 23.5 Å². The number of halogens is 2. The Morgan fingerprint density at radius 3 is 2.58 bits per heavy atom. The van der Waals surface area contributed by atoms with Crippen LogP contribution in [0.15, 0.2) is 48.7 Å². The number of aliphatic hydroxyl groups is 1. The molecule has 11 nitrogen and oxygen atoms in total. The number of nitrogens with zero attached hydrogens (tertiary/aromatic N) is 1. The van der Waals surface area contributed by atoms with Crippen LogP contribution < -0.4 is 34.3 Å². The highest BCUT2D eigenvalue weighted by atomic mass is 19.3. The number of rotatable bonds is 7. The summed E-state index contributed by atoms with van der Waals surface area (Å²) < 4.78 is 53.8. The van der Waals surface area contributed by atoms with E-state index in [-0.39, 0.29) is 42.2 Å². The van der Waals surface area contributed by atoms with E-state index in [1.807, 2.05) is 0 Å². The highest BCUT2D eigenvalue weighted by Gasteiger charge is 2.49. The van der Waals surface area contributed by atoms with Gasteiger partial charge in [-0.15, -0.1) is 8.78 Å². The summed E-state index contributed by atoms with van der Waals surface area (Å²) in [5.41, 5.74) is 0.751. The van der Waals surface area contributed by atoms with Crippen LogP contribution in [-0.2, 0) is 10.2 Å². The van der Waals surface area contributed by atoms with Gasteiger partial charge in [-0.05, 0) is 44.2 Å². The lowest BCUT2D eigenvalue weighted by Gasteiger charge is -2.34. The number of hydrogen-bond acceptors (Lipinski definition) is 9. The van der Waals surface area contributed by atoms with Gasteiger partial charge in [-0.3, -0.25) is 14.6 Å². The Morgan fingerprint density at radius 1 is 1.12 bits per heavy atom. The highest BCUT2D eigenvalue weighted by Crippen LogP contribution is 2.50. The molecule has 0 bridgehead atoms. The number of aromatic nitrogens is 1. The Bertz CT molecular complexity index is 1580. The van der Waals surface area contributed by atoms with Crippen molar-refractivity contribution in [3.05, 3.63) is 71.0 Å². The maximum atomic E-state index is 13.9. The third kappa shape index (κ3) is 5.36. The molecule has 0 spiro atoms. The first-order valence-corrected chi connectivity index (χ1v) is 13.6. The average molecular weight is 598 g/mol. The van der Waals surface area contributed by atoms with E-state index in [0.717, 1.165) is 0 Å². The Morgan fingerprint density at radius 2 is 1.88 bits per heavy atom. The molecule has 13 heteroatoms. The maximum absolute atomic E-state index is 13.9. The Kier molecular flexibility index (Phi) is 6.99. The smallest absolute Gasteiger partial charge is 0.497 e. The van der Waals surface area contributed by atoms with Gasteiger partial charge in [-0.25, -0.2) is 0 Å². The van der Waals surface area contributed by atoms with Gasteiger partial charge in [0.15, 0.2) is 11.5 Å². The summed E-state index contributed by atoms with van der Waals surface area (Å²) in [5.74, 6) is 0.203. The zero-order valence-corrected chi connectivity index (χ0v) is 23.5. The molecule has 43 heavy (non-hydrogen) atoms. The molecule has 3 aliphatic heterocycles.